The lowest BCUT2D eigenvalue weighted by atomic mass is 9.92. The van der Waals surface area contributed by atoms with Crippen LogP contribution in [0.2, 0.25) is 0 Å². The molecule has 0 saturated heterocycles. The molecule has 0 saturated carbocycles. The van der Waals surface area contributed by atoms with Crippen LogP contribution in [0.15, 0.2) is 24.3 Å². The molecule has 2 rings (SSSR count). The Balaban J connectivity index is 2.28. The number of hydrogen-bond acceptors (Lipinski definition) is 3. The number of carboxylic acid groups (broad SMARTS) is 1. The van der Waals surface area contributed by atoms with Gasteiger partial charge in [0.15, 0.2) is 0 Å². The standard InChI is InChI=1S/C17H21N3O3/c1-10-6-7-11(8-12(10)16(22)23)18-15(21)13-9-14(17(2,3)4)19-20(13)5/h6-9H,1-5H3,(H,18,21)(H,22,23). The maximum Gasteiger partial charge on any atom is 0.336 e. The first kappa shape index (κ1) is 16.7. The number of aromatic carboxylic acids is 1. The number of aryl methyl sites for hydroxylation is 2. The highest BCUT2D eigenvalue weighted by Gasteiger charge is 2.22. The van der Waals surface area contributed by atoms with Gasteiger partial charge in [-0.1, -0.05) is 26.8 Å². The molecule has 1 heterocycles. The van der Waals surface area contributed by atoms with E-state index in [9.17, 15) is 9.59 Å². The van der Waals surface area contributed by atoms with Crippen LogP contribution >= 0.6 is 0 Å². The van der Waals surface area contributed by atoms with Gasteiger partial charge in [0.25, 0.3) is 5.91 Å². The maximum atomic E-state index is 12.4. The van der Waals surface area contributed by atoms with Crippen molar-refractivity contribution in [2.24, 2.45) is 7.05 Å². The summed E-state index contributed by atoms with van der Waals surface area (Å²) in [5, 5.41) is 16.2. The molecule has 0 unspecified atom stereocenters. The number of nitrogens with one attached hydrogen (secondary N) is 1. The molecule has 2 aromatic rings. The molecule has 122 valence electrons. The van der Waals surface area contributed by atoms with E-state index in [1.165, 1.54) is 10.7 Å². The first-order chi connectivity index (χ1) is 10.6. The first-order valence-corrected chi connectivity index (χ1v) is 7.29. The molecule has 0 bridgehead atoms. The highest BCUT2D eigenvalue weighted by atomic mass is 16.4. The van der Waals surface area contributed by atoms with Gasteiger partial charge in [-0.25, -0.2) is 4.79 Å². The average Bonchev–Trinajstić information content (AvgIpc) is 2.82. The normalized spacial score (nSPS) is 11.3. The number of carboxylic acids is 1. The number of carbonyl (C=O) groups is 2. The second-order valence-corrected chi connectivity index (χ2v) is 6.58. The summed E-state index contributed by atoms with van der Waals surface area (Å²) < 4.78 is 1.53. The summed E-state index contributed by atoms with van der Waals surface area (Å²) in [5.74, 6) is -1.34. The fourth-order valence-electron chi connectivity index (χ4n) is 2.17. The molecule has 23 heavy (non-hydrogen) atoms. The van der Waals surface area contributed by atoms with E-state index < -0.39 is 5.97 Å². The predicted molar refractivity (Wildman–Crippen MR) is 88.0 cm³/mol. The number of aromatic nitrogens is 2. The van der Waals surface area contributed by atoms with E-state index in [1.807, 2.05) is 20.8 Å². The molecule has 6 heteroatoms. The Morgan fingerprint density at radius 1 is 1.22 bits per heavy atom. The van der Waals surface area contributed by atoms with Crippen molar-refractivity contribution < 1.29 is 14.7 Å². The molecular formula is C17H21N3O3. The summed E-state index contributed by atoms with van der Waals surface area (Å²) >= 11 is 0. The van der Waals surface area contributed by atoms with Gasteiger partial charge in [-0.2, -0.15) is 5.10 Å². The van der Waals surface area contributed by atoms with Crippen LogP contribution < -0.4 is 5.32 Å². The third-order valence-electron chi connectivity index (χ3n) is 3.61. The number of anilines is 1. The molecular weight excluding hydrogens is 294 g/mol. The average molecular weight is 315 g/mol. The Hall–Kier alpha value is -2.63. The van der Waals surface area contributed by atoms with Crippen LogP contribution in [0.4, 0.5) is 5.69 Å². The topological polar surface area (TPSA) is 84.2 Å². The zero-order chi connectivity index (χ0) is 17.4. The van der Waals surface area contributed by atoms with E-state index in [1.54, 1.807) is 32.2 Å². The first-order valence-electron chi connectivity index (χ1n) is 7.29. The molecule has 0 atom stereocenters. The highest BCUT2D eigenvalue weighted by molar-refractivity contribution is 6.04. The minimum atomic E-state index is -1.02. The van der Waals surface area contributed by atoms with Crippen molar-refractivity contribution in [3.8, 4) is 0 Å². The summed E-state index contributed by atoms with van der Waals surface area (Å²) in [6.45, 7) is 7.79. The van der Waals surface area contributed by atoms with Crippen molar-refractivity contribution in [1.82, 2.24) is 9.78 Å². The minimum absolute atomic E-state index is 0.156. The van der Waals surface area contributed by atoms with E-state index >= 15 is 0 Å². The smallest absolute Gasteiger partial charge is 0.336 e. The summed E-state index contributed by atoms with van der Waals surface area (Å²) in [4.78, 5) is 23.6. The van der Waals surface area contributed by atoms with Gasteiger partial charge in [0.1, 0.15) is 5.69 Å². The molecule has 0 aliphatic rings. The maximum absolute atomic E-state index is 12.4. The van der Waals surface area contributed by atoms with Gasteiger partial charge in [-0.05, 0) is 30.7 Å². The van der Waals surface area contributed by atoms with E-state index in [0.29, 0.717) is 16.9 Å². The molecule has 0 fully saturated rings. The predicted octanol–water partition coefficient (Wildman–Crippen LogP) is 2.98. The Bertz CT molecular complexity index is 770. The largest absolute Gasteiger partial charge is 0.478 e. The second-order valence-electron chi connectivity index (χ2n) is 6.58. The zero-order valence-electron chi connectivity index (χ0n) is 14.0. The molecule has 6 nitrogen and oxygen atoms in total. The Labute approximate surface area is 135 Å². The van der Waals surface area contributed by atoms with Crippen molar-refractivity contribution in [2.45, 2.75) is 33.1 Å². The van der Waals surface area contributed by atoms with Crippen LogP contribution in [0.5, 0.6) is 0 Å². The molecule has 0 radical (unpaired) electrons. The van der Waals surface area contributed by atoms with E-state index in [4.69, 9.17) is 5.11 Å². The lowest BCUT2D eigenvalue weighted by Crippen LogP contribution is -2.16. The molecule has 0 aliphatic heterocycles. The van der Waals surface area contributed by atoms with Gasteiger partial charge in [-0.15, -0.1) is 0 Å². The highest BCUT2D eigenvalue weighted by Crippen LogP contribution is 2.22. The molecule has 1 aromatic heterocycles. The van der Waals surface area contributed by atoms with Crippen LogP contribution in [0.3, 0.4) is 0 Å². The van der Waals surface area contributed by atoms with E-state index in [0.717, 1.165) is 5.69 Å². The number of amides is 1. The van der Waals surface area contributed by atoms with Crippen molar-refractivity contribution in [2.75, 3.05) is 5.32 Å². The molecule has 0 spiro atoms. The monoisotopic (exact) mass is 315 g/mol. The van der Waals surface area contributed by atoms with Crippen molar-refractivity contribution >= 4 is 17.6 Å². The van der Waals surface area contributed by atoms with Crippen LogP contribution in [0.25, 0.3) is 0 Å². The van der Waals surface area contributed by atoms with Crippen LogP contribution in [-0.4, -0.2) is 26.8 Å². The lowest BCUT2D eigenvalue weighted by Gasteiger charge is -2.13. The van der Waals surface area contributed by atoms with E-state index in [2.05, 4.69) is 10.4 Å². The van der Waals surface area contributed by atoms with Crippen molar-refractivity contribution in [1.29, 1.82) is 0 Å². The number of hydrogen-bond donors (Lipinski definition) is 2. The van der Waals surface area contributed by atoms with Crippen molar-refractivity contribution in [3.05, 3.63) is 46.8 Å². The molecule has 1 aromatic carbocycles. The Kier molecular flexibility index (Phi) is 4.27. The van der Waals surface area contributed by atoms with E-state index in [-0.39, 0.29) is 16.9 Å². The summed E-state index contributed by atoms with van der Waals surface area (Å²) in [6, 6.07) is 6.56. The summed E-state index contributed by atoms with van der Waals surface area (Å²) in [6.07, 6.45) is 0. The number of carbonyl (C=O) groups excluding carboxylic acids is 1. The number of benzene rings is 1. The van der Waals surface area contributed by atoms with Gasteiger partial charge < -0.3 is 10.4 Å². The van der Waals surface area contributed by atoms with Crippen molar-refractivity contribution in [3.63, 3.8) is 0 Å². The number of nitrogens with zero attached hydrogens (tertiary/aromatic N) is 2. The molecule has 2 N–H and O–H groups in total. The Morgan fingerprint density at radius 3 is 2.39 bits per heavy atom. The fourth-order valence-corrected chi connectivity index (χ4v) is 2.17. The lowest BCUT2D eigenvalue weighted by molar-refractivity contribution is 0.0695. The van der Waals surface area contributed by atoms with Gasteiger partial charge in [-0.3, -0.25) is 9.48 Å². The van der Waals surface area contributed by atoms with Gasteiger partial charge in [0.2, 0.25) is 0 Å². The van der Waals surface area contributed by atoms with Gasteiger partial charge in [0.05, 0.1) is 11.3 Å². The second kappa shape index (κ2) is 5.87. The van der Waals surface area contributed by atoms with Crippen LogP contribution in [0.1, 0.15) is 52.9 Å². The number of rotatable bonds is 3. The summed E-state index contributed by atoms with van der Waals surface area (Å²) in [7, 11) is 1.71. The molecule has 0 aliphatic carbocycles. The Morgan fingerprint density at radius 2 is 1.87 bits per heavy atom. The van der Waals surface area contributed by atoms with Gasteiger partial charge >= 0.3 is 5.97 Å². The summed E-state index contributed by atoms with van der Waals surface area (Å²) in [5.41, 5.74) is 2.34. The third-order valence-corrected chi connectivity index (χ3v) is 3.61. The van der Waals surface area contributed by atoms with Crippen LogP contribution in [-0.2, 0) is 12.5 Å². The third kappa shape index (κ3) is 3.59. The fraction of sp³-hybridized carbons (Fsp3) is 0.353. The van der Waals surface area contributed by atoms with Gasteiger partial charge in [0, 0.05) is 18.2 Å². The molecule has 1 amide bonds. The zero-order valence-corrected chi connectivity index (χ0v) is 14.0. The minimum Gasteiger partial charge on any atom is -0.478 e. The quantitative estimate of drug-likeness (QED) is 0.912. The van der Waals surface area contributed by atoms with Crippen LogP contribution in [0, 0.1) is 6.92 Å². The SMILES string of the molecule is Cc1ccc(NC(=O)c2cc(C(C)(C)C)nn2C)cc1C(=O)O.